The smallest absolute Gasteiger partial charge is 0.303 e. The molecule has 0 aliphatic rings. The van der Waals surface area contributed by atoms with Gasteiger partial charge in [0, 0.05) is 12.8 Å². The van der Waals surface area contributed by atoms with Gasteiger partial charge in [0.25, 0.3) is 0 Å². The number of rotatable bonds is 15. The zero-order valence-electron chi connectivity index (χ0n) is 16.2. The van der Waals surface area contributed by atoms with E-state index in [1.807, 2.05) is 0 Å². The second kappa shape index (κ2) is 18.1. The van der Waals surface area contributed by atoms with Crippen LogP contribution >= 0.6 is 0 Å². The molecule has 160 valence electrons. The number of carboxylic acids is 2. The van der Waals surface area contributed by atoms with Crippen LogP contribution in [0.1, 0.15) is 51.4 Å². The molecule has 1 rings (SSSR count). The average molecular weight is 400 g/mol. The summed E-state index contributed by atoms with van der Waals surface area (Å²) in [4.78, 5) is 20.3. The first-order valence-corrected chi connectivity index (χ1v) is 9.50. The number of unbranched alkanes of at least 4 members (excludes halogenated alkanes) is 5. The largest absolute Gasteiger partial charge is 0.491 e. The SMILES string of the molecule is O=C(O)CCCCCCCCC(=O)O.OCCOc1ccc(OCCO)cc1. The van der Waals surface area contributed by atoms with Crippen molar-refractivity contribution in [3.8, 4) is 11.5 Å². The molecule has 1 aromatic carbocycles. The first-order chi connectivity index (χ1) is 13.5. The van der Waals surface area contributed by atoms with Crippen LogP contribution in [0.3, 0.4) is 0 Å². The van der Waals surface area contributed by atoms with E-state index in [1.54, 1.807) is 24.3 Å². The van der Waals surface area contributed by atoms with Crippen molar-refractivity contribution in [1.29, 1.82) is 0 Å². The highest BCUT2D eigenvalue weighted by Gasteiger charge is 1.98. The third-order valence-corrected chi connectivity index (χ3v) is 3.58. The van der Waals surface area contributed by atoms with Crippen LogP contribution in [0.5, 0.6) is 11.5 Å². The van der Waals surface area contributed by atoms with Gasteiger partial charge in [0.05, 0.1) is 13.2 Å². The van der Waals surface area contributed by atoms with E-state index in [4.69, 9.17) is 29.9 Å². The molecule has 0 saturated heterocycles. The first-order valence-electron chi connectivity index (χ1n) is 9.50. The lowest BCUT2D eigenvalue weighted by Crippen LogP contribution is -2.03. The summed E-state index contributed by atoms with van der Waals surface area (Å²) >= 11 is 0. The molecule has 0 saturated carbocycles. The van der Waals surface area contributed by atoms with Crippen molar-refractivity contribution >= 4 is 11.9 Å². The summed E-state index contributed by atoms with van der Waals surface area (Å²) in [5.41, 5.74) is 0. The minimum Gasteiger partial charge on any atom is -0.491 e. The molecule has 0 aromatic heterocycles. The highest BCUT2D eigenvalue weighted by molar-refractivity contribution is 5.66. The van der Waals surface area contributed by atoms with Gasteiger partial charge in [0.2, 0.25) is 0 Å². The molecule has 8 nitrogen and oxygen atoms in total. The molecular weight excluding hydrogens is 368 g/mol. The Bertz CT molecular complexity index is 468. The van der Waals surface area contributed by atoms with Crippen LogP contribution in [0.25, 0.3) is 0 Å². The molecule has 0 heterocycles. The van der Waals surface area contributed by atoms with Crippen molar-refractivity contribution in [1.82, 2.24) is 0 Å². The first kappa shape index (κ1) is 25.7. The molecular formula is C20H32O8. The van der Waals surface area contributed by atoms with E-state index < -0.39 is 11.9 Å². The van der Waals surface area contributed by atoms with Gasteiger partial charge in [0.15, 0.2) is 0 Å². The molecule has 0 bridgehead atoms. The molecule has 0 atom stereocenters. The average Bonchev–Trinajstić information content (AvgIpc) is 2.67. The number of aliphatic hydroxyl groups excluding tert-OH is 2. The van der Waals surface area contributed by atoms with Crippen LogP contribution in [0.4, 0.5) is 0 Å². The lowest BCUT2D eigenvalue weighted by Gasteiger charge is -2.06. The number of ether oxygens (including phenoxy) is 2. The van der Waals surface area contributed by atoms with Crippen molar-refractivity contribution in [2.45, 2.75) is 51.4 Å². The molecule has 0 unspecified atom stereocenters. The van der Waals surface area contributed by atoms with Crippen LogP contribution in [0.2, 0.25) is 0 Å². The number of aliphatic carboxylic acids is 2. The van der Waals surface area contributed by atoms with E-state index in [0.29, 0.717) is 11.5 Å². The third-order valence-electron chi connectivity index (χ3n) is 3.58. The Hall–Kier alpha value is -2.32. The van der Waals surface area contributed by atoms with Gasteiger partial charge in [-0.05, 0) is 37.1 Å². The number of aliphatic hydroxyl groups is 2. The molecule has 0 amide bonds. The second-order valence-corrected chi connectivity index (χ2v) is 6.02. The molecule has 8 heteroatoms. The number of benzene rings is 1. The fourth-order valence-electron chi connectivity index (χ4n) is 2.22. The topological polar surface area (TPSA) is 134 Å². The monoisotopic (exact) mass is 400 g/mol. The normalized spacial score (nSPS) is 9.93. The van der Waals surface area contributed by atoms with Crippen LogP contribution < -0.4 is 9.47 Å². The predicted molar refractivity (Wildman–Crippen MR) is 104 cm³/mol. The van der Waals surface area contributed by atoms with E-state index >= 15 is 0 Å². The number of hydrogen-bond acceptors (Lipinski definition) is 6. The lowest BCUT2D eigenvalue weighted by atomic mass is 10.1. The Labute approximate surface area is 165 Å². The second-order valence-electron chi connectivity index (χ2n) is 6.02. The highest BCUT2D eigenvalue weighted by Crippen LogP contribution is 2.17. The molecule has 1 aromatic rings. The molecule has 0 spiro atoms. The summed E-state index contributed by atoms with van der Waals surface area (Å²) in [5, 5.41) is 33.7. The minimum absolute atomic E-state index is 0.00274. The van der Waals surface area contributed by atoms with E-state index in [0.717, 1.165) is 38.5 Å². The zero-order chi connectivity index (χ0) is 21.0. The summed E-state index contributed by atoms with van der Waals surface area (Å²) in [6.45, 7) is 0.583. The maximum absolute atomic E-state index is 10.1. The number of carboxylic acid groups (broad SMARTS) is 2. The Balaban J connectivity index is 0.000000521. The van der Waals surface area contributed by atoms with Crippen molar-refractivity contribution < 1.29 is 39.5 Å². The molecule has 0 fully saturated rings. The van der Waals surface area contributed by atoms with Crippen molar-refractivity contribution in [2.75, 3.05) is 26.4 Å². The van der Waals surface area contributed by atoms with E-state index in [-0.39, 0.29) is 39.3 Å². The summed E-state index contributed by atoms with van der Waals surface area (Å²) in [7, 11) is 0. The Morgan fingerprint density at radius 1 is 0.643 bits per heavy atom. The van der Waals surface area contributed by atoms with Crippen LogP contribution in [0, 0.1) is 0 Å². The van der Waals surface area contributed by atoms with Gasteiger partial charge in [-0.1, -0.05) is 25.7 Å². The van der Waals surface area contributed by atoms with Gasteiger partial charge in [-0.2, -0.15) is 0 Å². The highest BCUT2D eigenvalue weighted by atomic mass is 16.5. The quantitative estimate of drug-likeness (QED) is 0.330. The number of carbonyl (C=O) groups is 2. The fourth-order valence-corrected chi connectivity index (χ4v) is 2.22. The van der Waals surface area contributed by atoms with Gasteiger partial charge in [0.1, 0.15) is 24.7 Å². The predicted octanol–water partition coefficient (Wildman–Crippen LogP) is 2.71. The van der Waals surface area contributed by atoms with Gasteiger partial charge in [-0.3, -0.25) is 9.59 Å². The Kier molecular flexibility index (Phi) is 16.6. The van der Waals surface area contributed by atoms with E-state index in [2.05, 4.69) is 0 Å². The summed E-state index contributed by atoms with van der Waals surface area (Å²) in [6, 6.07) is 7.01. The maximum Gasteiger partial charge on any atom is 0.303 e. The molecule has 0 aliphatic carbocycles. The van der Waals surface area contributed by atoms with Gasteiger partial charge in [-0.25, -0.2) is 0 Å². The van der Waals surface area contributed by atoms with E-state index in [1.165, 1.54) is 0 Å². The van der Waals surface area contributed by atoms with Gasteiger partial charge in [-0.15, -0.1) is 0 Å². The minimum atomic E-state index is -0.740. The standard InChI is InChI=1S/C10H14O4.C10H18O4/c11-5-7-13-9-1-2-10(4-3-9)14-8-6-12;11-9(12)7-5-3-1-2-4-6-8-10(13)14/h1-4,11-12H,5-8H2;1-8H2,(H,11,12)(H,13,14). The van der Waals surface area contributed by atoms with E-state index in [9.17, 15) is 9.59 Å². The number of hydrogen-bond donors (Lipinski definition) is 4. The van der Waals surface area contributed by atoms with Crippen LogP contribution in [-0.2, 0) is 9.59 Å². The summed E-state index contributed by atoms with van der Waals surface area (Å²) < 4.78 is 10.3. The summed E-state index contributed by atoms with van der Waals surface area (Å²) in [5.74, 6) is -0.0995. The Morgan fingerprint density at radius 2 is 0.964 bits per heavy atom. The molecule has 28 heavy (non-hydrogen) atoms. The maximum atomic E-state index is 10.1. The molecule has 4 N–H and O–H groups in total. The van der Waals surface area contributed by atoms with Crippen molar-refractivity contribution in [2.24, 2.45) is 0 Å². The third kappa shape index (κ3) is 17.1. The van der Waals surface area contributed by atoms with Gasteiger partial charge >= 0.3 is 11.9 Å². The van der Waals surface area contributed by atoms with Gasteiger partial charge < -0.3 is 29.9 Å². The van der Waals surface area contributed by atoms with Crippen LogP contribution in [0.15, 0.2) is 24.3 Å². The molecule has 0 aliphatic heterocycles. The Morgan fingerprint density at radius 3 is 1.25 bits per heavy atom. The lowest BCUT2D eigenvalue weighted by molar-refractivity contribution is -0.138. The summed E-state index contributed by atoms with van der Waals surface area (Å²) in [6.07, 6.45) is 5.82. The van der Waals surface area contributed by atoms with Crippen molar-refractivity contribution in [3.05, 3.63) is 24.3 Å². The van der Waals surface area contributed by atoms with Crippen molar-refractivity contribution in [3.63, 3.8) is 0 Å². The molecule has 0 radical (unpaired) electrons. The fraction of sp³-hybridized carbons (Fsp3) is 0.600. The zero-order valence-corrected chi connectivity index (χ0v) is 16.2. The van der Waals surface area contributed by atoms with Crippen LogP contribution in [-0.4, -0.2) is 58.8 Å².